The predicted molar refractivity (Wildman–Crippen MR) is 190 cm³/mol. The summed E-state index contributed by atoms with van der Waals surface area (Å²) in [5.74, 6) is -0.804. The number of nitrogens with zero attached hydrogens (tertiary/aromatic N) is 4. The highest BCUT2D eigenvalue weighted by Gasteiger charge is 2.66. The van der Waals surface area contributed by atoms with Gasteiger partial charge in [-0.25, -0.2) is 0 Å². The maximum absolute atomic E-state index is 15.2. The van der Waals surface area contributed by atoms with Crippen molar-refractivity contribution in [3.05, 3.63) is 144 Å². The van der Waals surface area contributed by atoms with Crippen molar-refractivity contribution in [1.82, 2.24) is 10.2 Å². The van der Waals surface area contributed by atoms with Crippen molar-refractivity contribution in [3.63, 3.8) is 0 Å². The van der Waals surface area contributed by atoms with E-state index in [9.17, 15) is 9.59 Å². The number of hydrogen-bond acceptors (Lipinski definition) is 8. The molecule has 0 radical (unpaired) electrons. The maximum Gasteiger partial charge on any atom is 0.297 e. The Morgan fingerprint density at radius 1 is 0.896 bits per heavy atom. The SMILES string of the molecule is Cc1ccc(CN2C(=O)C3(c4ccccc42)c2c(oc4ccc(C)cc4c2=O)C(=O)N3c2nnc(SCc3ccc(Cl)cc3Cl)s2)cc1. The van der Waals surface area contributed by atoms with Crippen LogP contribution in [-0.2, 0) is 22.6 Å². The lowest BCUT2D eigenvalue weighted by Crippen LogP contribution is -2.53. The number of carbonyl (C=O) groups excluding carboxylic acids is 2. The molecule has 1 atom stereocenters. The second-order valence-electron chi connectivity index (χ2n) is 11.8. The van der Waals surface area contributed by atoms with E-state index in [0.29, 0.717) is 36.8 Å². The Labute approximate surface area is 292 Å². The van der Waals surface area contributed by atoms with E-state index in [1.165, 1.54) is 16.7 Å². The summed E-state index contributed by atoms with van der Waals surface area (Å²) in [6.07, 6.45) is 0. The number of benzene rings is 4. The summed E-state index contributed by atoms with van der Waals surface area (Å²) in [6, 6.07) is 25.6. The van der Waals surface area contributed by atoms with Crippen LogP contribution in [0.4, 0.5) is 10.8 Å². The smallest absolute Gasteiger partial charge is 0.297 e. The van der Waals surface area contributed by atoms with Gasteiger partial charge in [-0.05, 0) is 55.3 Å². The minimum Gasteiger partial charge on any atom is -0.450 e. The molecule has 2 aromatic heterocycles. The summed E-state index contributed by atoms with van der Waals surface area (Å²) in [5.41, 5.74) is 2.70. The van der Waals surface area contributed by atoms with Crippen molar-refractivity contribution >= 4 is 79.9 Å². The van der Waals surface area contributed by atoms with E-state index in [-0.39, 0.29) is 28.6 Å². The van der Waals surface area contributed by atoms with Gasteiger partial charge >= 0.3 is 0 Å². The van der Waals surface area contributed by atoms with Crippen molar-refractivity contribution < 1.29 is 14.0 Å². The zero-order valence-electron chi connectivity index (χ0n) is 25.5. The van der Waals surface area contributed by atoms with Crippen LogP contribution in [0.15, 0.2) is 98.5 Å². The van der Waals surface area contributed by atoms with Gasteiger partial charge in [-0.2, -0.15) is 0 Å². The van der Waals surface area contributed by atoms with Crippen molar-refractivity contribution in [2.45, 2.75) is 36.0 Å². The van der Waals surface area contributed by atoms with Gasteiger partial charge in [-0.15, -0.1) is 10.2 Å². The molecule has 2 aliphatic rings. The first-order chi connectivity index (χ1) is 23.2. The summed E-state index contributed by atoms with van der Waals surface area (Å²) in [4.78, 5) is 47.2. The Hall–Kier alpha value is -4.48. The van der Waals surface area contributed by atoms with Crippen LogP contribution < -0.4 is 15.2 Å². The first-order valence-electron chi connectivity index (χ1n) is 15.0. The third kappa shape index (κ3) is 4.69. The molecule has 4 heterocycles. The lowest BCUT2D eigenvalue weighted by molar-refractivity contribution is -0.121. The van der Waals surface area contributed by atoms with Crippen LogP contribution >= 0.6 is 46.3 Å². The number of aromatic nitrogens is 2. The topological polar surface area (TPSA) is 96.6 Å². The summed E-state index contributed by atoms with van der Waals surface area (Å²) in [7, 11) is 0. The normalized spacial score (nSPS) is 16.8. The molecule has 2 amide bonds. The molecule has 0 fully saturated rings. The number of para-hydroxylation sites is 1. The summed E-state index contributed by atoms with van der Waals surface area (Å²) < 4.78 is 6.77. The van der Waals surface area contributed by atoms with Crippen LogP contribution in [0.1, 0.15) is 43.9 Å². The van der Waals surface area contributed by atoms with Gasteiger partial charge in [0.05, 0.1) is 23.2 Å². The quantitative estimate of drug-likeness (QED) is 0.127. The molecule has 0 bridgehead atoms. The molecule has 4 aromatic carbocycles. The van der Waals surface area contributed by atoms with Crippen molar-refractivity contribution in [1.29, 1.82) is 0 Å². The largest absolute Gasteiger partial charge is 0.450 e. The minimum atomic E-state index is -1.87. The van der Waals surface area contributed by atoms with Crippen molar-refractivity contribution in [2.75, 3.05) is 9.80 Å². The summed E-state index contributed by atoms with van der Waals surface area (Å²) in [6.45, 7) is 4.10. The van der Waals surface area contributed by atoms with Gasteiger partial charge in [0.15, 0.2) is 15.3 Å². The number of thioether (sulfide) groups is 1. The van der Waals surface area contributed by atoms with Crippen LogP contribution in [0.2, 0.25) is 10.0 Å². The summed E-state index contributed by atoms with van der Waals surface area (Å²) in [5, 5.41) is 10.3. The van der Waals surface area contributed by atoms with Crippen LogP contribution in [-0.4, -0.2) is 22.0 Å². The second-order valence-corrected chi connectivity index (χ2v) is 14.8. The van der Waals surface area contributed by atoms with Gasteiger partial charge in [0, 0.05) is 21.4 Å². The molecule has 1 unspecified atom stereocenters. The van der Waals surface area contributed by atoms with Gasteiger partial charge in [0.25, 0.3) is 11.8 Å². The molecule has 1 spiro atoms. The molecule has 238 valence electrons. The number of anilines is 2. The molecule has 0 aliphatic carbocycles. The summed E-state index contributed by atoms with van der Waals surface area (Å²) >= 11 is 15.0. The monoisotopic (exact) mass is 710 g/mol. The number of halogens is 2. The van der Waals surface area contributed by atoms with Gasteiger partial charge in [0.2, 0.25) is 10.9 Å². The Morgan fingerprint density at radius 3 is 2.46 bits per heavy atom. The molecule has 0 saturated carbocycles. The number of carbonyl (C=O) groups is 2. The zero-order valence-corrected chi connectivity index (χ0v) is 28.6. The molecule has 0 N–H and O–H groups in total. The number of rotatable bonds is 6. The Morgan fingerprint density at radius 2 is 1.67 bits per heavy atom. The Bertz CT molecular complexity index is 2380. The van der Waals surface area contributed by atoms with Crippen molar-refractivity contribution in [3.8, 4) is 0 Å². The van der Waals surface area contributed by atoms with E-state index in [0.717, 1.165) is 33.6 Å². The van der Waals surface area contributed by atoms with Crippen LogP contribution in [0.3, 0.4) is 0 Å². The molecule has 8 nitrogen and oxygen atoms in total. The van der Waals surface area contributed by atoms with Crippen LogP contribution in [0.5, 0.6) is 0 Å². The molecular formula is C36H24Cl2N4O4S2. The van der Waals surface area contributed by atoms with Crippen LogP contribution in [0, 0.1) is 13.8 Å². The van der Waals surface area contributed by atoms with E-state index in [1.807, 2.05) is 62.4 Å². The molecule has 12 heteroatoms. The first kappa shape index (κ1) is 30.8. The highest BCUT2D eigenvalue weighted by molar-refractivity contribution is 8.00. The number of fused-ring (bicyclic) bond motifs is 5. The number of hydrogen-bond donors (Lipinski definition) is 0. The highest BCUT2D eigenvalue weighted by Crippen LogP contribution is 2.55. The van der Waals surface area contributed by atoms with E-state index in [1.54, 1.807) is 41.3 Å². The third-order valence-corrected chi connectivity index (χ3v) is 11.4. The molecule has 8 rings (SSSR count). The standard InChI is InChI=1S/C36H24Cl2N4O4S2/c1-19-7-10-21(11-8-19)17-41-27-6-4-3-5-25(27)36(33(41)45)29-30(43)24-15-20(2)9-14-28(24)46-31(29)32(44)42(36)34-39-40-35(48-34)47-18-22-12-13-23(37)16-26(22)38/h3-16H,17-18H2,1-2H3. The molecule has 48 heavy (non-hydrogen) atoms. The van der Waals surface area contributed by atoms with Gasteiger partial charge < -0.3 is 9.32 Å². The van der Waals surface area contributed by atoms with Gasteiger partial charge in [0.1, 0.15) is 5.58 Å². The van der Waals surface area contributed by atoms with Crippen molar-refractivity contribution in [2.24, 2.45) is 0 Å². The van der Waals surface area contributed by atoms with Gasteiger partial charge in [-0.3, -0.25) is 19.3 Å². The van der Waals surface area contributed by atoms with E-state index in [2.05, 4.69) is 10.2 Å². The van der Waals surface area contributed by atoms with Gasteiger partial charge in [-0.1, -0.05) is 112 Å². The fourth-order valence-electron chi connectivity index (χ4n) is 6.44. The van der Waals surface area contributed by atoms with E-state index in [4.69, 9.17) is 27.6 Å². The maximum atomic E-state index is 15.2. The zero-order chi connectivity index (χ0) is 33.3. The molecule has 2 aliphatic heterocycles. The highest BCUT2D eigenvalue weighted by atomic mass is 35.5. The average Bonchev–Trinajstić information content (AvgIpc) is 3.71. The fourth-order valence-corrected chi connectivity index (χ4v) is 8.89. The van der Waals surface area contributed by atoms with Crippen LogP contribution in [0.25, 0.3) is 11.0 Å². The third-order valence-electron chi connectivity index (χ3n) is 8.69. The lowest BCUT2D eigenvalue weighted by Gasteiger charge is -2.32. The Balaban J connectivity index is 1.31. The predicted octanol–water partition coefficient (Wildman–Crippen LogP) is 8.31. The fraction of sp³-hybridized carbons (Fsp3) is 0.139. The average molecular weight is 712 g/mol. The van der Waals surface area contributed by atoms with E-state index >= 15 is 4.79 Å². The minimum absolute atomic E-state index is 0.0215. The molecule has 6 aromatic rings. The number of amides is 2. The van der Waals surface area contributed by atoms with E-state index < -0.39 is 22.8 Å². The Kier molecular flexibility index (Phi) is 7.44. The lowest BCUT2D eigenvalue weighted by atomic mass is 9.84. The number of aryl methyl sites for hydroxylation is 2. The molecule has 0 saturated heterocycles. The second kappa shape index (κ2) is 11.6. The first-order valence-corrected chi connectivity index (χ1v) is 17.5. The molecular weight excluding hydrogens is 687 g/mol.